The van der Waals surface area contributed by atoms with Crippen LogP contribution in [0.4, 0.5) is 4.79 Å². The van der Waals surface area contributed by atoms with Crippen molar-refractivity contribution in [2.45, 2.75) is 44.1 Å². The predicted octanol–water partition coefficient (Wildman–Crippen LogP) is 3.09. The first-order valence-electron chi connectivity index (χ1n) is 10.5. The van der Waals surface area contributed by atoms with Gasteiger partial charge in [-0.2, -0.15) is 0 Å². The van der Waals surface area contributed by atoms with Crippen LogP contribution in [-0.4, -0.2) is 83.2 Å². The SMILES string of the molecule is CC(C)(C)OC(=O)N1CCN(C(=O)c2ccccc2SCC(=O)N2CCCC2)CC1. The number of amides is 3. The van der Waals surface area contributed by atoms with Crippen LogP contribution < -0.4 is 0 Å². The van der Waals surface area contributed by atoms with Crippen molar-refractivity contribution >= 4 is 29.7 Å². The fourth-order valence-electron chi connectivity index (χ4n) is 3.56. The number of hydrogen-bond acceptors (Lipinski definition) is 5. The lowest BCUT2D eigenvalue weighted by Crippen LogP contribution is -2.51. The largest absolute Gasteiger partial charge is 0.444 e. The smallest absolute Gasteiger partial charge is 0.410 e. The van der Waals surface area contributed by atoms with Gasteiger partial charge in [0.1, 0.15) is 5.60 Å². The maximum atomic E-state index is 13.1. The van der Waals surface area contributed by atoms with E-state index in [9.17, 15) is 14.4 Å². The molecule has 30 heavy (non-hydrogen) atoms. The molecule has 2 aliphatic heterocycles. The molecular formula is C22H31N3O4S. The van der Waals surface area contributed by atoms with Crippen molar-refractivity contribution in [1.82, 2.24) is 14.7 Å². The number of hydrogen-bond donors (Lipinski definition) is 0. The highest BCUT2D eigenvalue weighted by Gasteiger charge is 2.29. The first-order chi connectivity index (χ1) is 14.2. The fraction of sp³-hybridized carbons (Fsp3) is 0.591. The Labute approximate surface area is 182 Å². The molecule has 0 N–H and O–H groups in total. The van der Waals surface area contributed by atoms with Gasteiger partial charge < -0.3 is 19.4 Å². The zero-order chi connectivity index (χ0) is 21.7. The van der Waals surface area contributed by atoms with Crippen molar-refractivity contribution in [1.29, 1.82) is 0 Å². The number of carbonyl (C=O) groups excluding carboxylic acids is 3. The molecule has 3 amide bonds. The van der Waals surface area contributed by atoms with Crippen LogP contribution in [0.25, 0.3) is 0 Å². The van der Waals surface area contributed by atoms with E-state index in [4.69, 9.17) is 4.74 Å². The maximum Gasteiger partial charge on any atom is 0.410 e. The monoisotopic (exact) mass is 433 g/mol. The van der Waals surface area contributed by atoms with E-state index in [1.54, 1.807) is 9.80 Å². The number of thioether (sulfide) groups is 1. The minimum absolute atomic E-state index is 0.0597. The van der Waals surface area contributed by atoms with Gasteiger partial charge in [-0.15, -0.1) is 11.8 Å². The first kappa shape index (κ1) is 22.5. The standard InChI is InChI=1S/C22H31N3O4S/c1-22(2,3)29-21(28)25-14-12-24(13-15-25)20(27)17-8-4-5-9-18(17)30-16-19(26)23-10-6-7-11-23/h4-5,8-9H,6-7,10-16H2,1-3H3. The molecule has 0 radical (unpaired) electrons. The molecule has 0 aromatic heterocycles. The van der Waals surface area contributed by atoms with E-state index in [0.717, 1.165) is 30.8 Å². The molecular weight excluding hydrogens is 402 g/mol. The summed E-state index contributed by atoms with van der Waals surface area (Å²) in [6.07, 6.45) is 1.80. The molecule has 0 saturated carbocycles. The van der Waals surface area contributed by atoms with E-state index in [1.807, 2.05) is 49.9 Å². The molecule has 2 aliphatic rings. The number of benzene rings is 1. The summed E-state index contributed by atoms with van der Waals surface area (Å²) in [7, 11) is 0. The predicted molar refractivity (Wildman–Crippen MR) is 117 cm³/mol. The molecule has 0 atom stereocenters. The van der Waals surface area contributed by atoms with Gasteiger partial charge in [-0.05, 0) is 45.7 Å². The maximum absolute atomic E-state index is 13.1. The molecule has 8 heteroatoms. The minimum Gasteiger partial charge on any atom is -0.444 e. The normalized spacial score (nSPS) is 17.2. The Kier molecular flexibility index (Phi) is 7.28. The van der Waals surface area contributed by atoms with Gasteiger partial charge in [0, 0.05) is 44.2 Å². The van der Waals surface area contributed by atoms with E-state index >= 15 is 0 Å². The third kappa shape index (κ3) is 5.90. The molecule has 2 saturated heterocycles. The Morgan fingerprint density at radius 1 is 0.900 bits per heavy atom. The summed E-state index contributed by atoms with van der Waals surface area (Å²) in [5.41, 5.74) is 0.0784. The van der Waals surface area contributed by atoms with E-state index in [0.29, 0.717) is 37.5 Å². The van der Waals surface area contributed by atoms with E-state index in [2.05, 4.69) is 0 Å². The quantitative estimate of drug-likeness (QED) is 0.683. The Balaban J connectivity index is 1.57. The summed E-state index contributed by atoms with van der Waals surface area (Å²) < 4.78 is 5.42. The summed E-state index contributed by atoms with van der Waals surface area (Å²) in [5.74, 6) is 0.415. The van der Waals surface area contributed by atoms with Crippen LogP contribution in [0.2, 0.25) is 0 Å². The number of likely N-dealkylation sites (tertiary alicyclic amines) is 1. The van der Waals surface area contributed by atoms with Crippen molar-refractivity contribution in [3.63, 3.8) is 0 Å². The van der Waals surface area contributed by atoms with Crippen LogP contribution in [-0.2, 0) is 9.53 Å². The zero-order valence-electron chi connectivity index (χ0n) is 18.1. The molecule has 1 aromatic carbocycles. The lowest BCUT2D eigenvalue weighted by Gasteiger charge is -2.35. The summed E-state index contributed by atoms with van der Waals surface area (Å²) in [6, 6.07) is 7.44. The van der Waals surface area contributed by atoms with Gasteiger partial charge in [0.2, 0.25) is 5.91 Å². The van der Waals surface area contributed by atoms with E-state index in [-0.39, 0.29) is 17.9 Å². The van der Waals surface area contributed by atoms with Crippen molar-refractivity contribution in [2.75, 3.05) is 45.0 Å². The molecule has 0 aliphatic carbocycles. The van der Waals surface area contributed by atoms with Crippen molar-refractivity contribution in [2.24, 2.45) is 0 Å². The van der Waals surface area contributed by atoms with Gasteiger partial charge in [-0.3, -0.25) is 9.59 Å². The average molecular weight is 434 g/mol. The van der Waals surface area contributed by atoms with Crippen molar-refractivity contribution in [3.8, 4) is 0 Å². The molecule has 7 nitrogen and oxygen atoms in total. The second kappa shape index (κ2) is 9.73. The zero-order valence-corrected chi connectivity index (χ0v) is 18.9. The third-order valence-corrected chi connectivity index (χ3v) is 6.20. The molecule has 164 valence electrons. The van der Waals surface area contributed by atoms with Crippen molar-refractivity contribution < 1.29 is 19.1 Å². The average Bonchev–Trinajstić information content (AvgIpc) is 3.25. The molecule has 0 spiro atoms. The Morgan fingerprint density at radius 3 is 2.13 bits per heavy atom. The molecule has 1 aromatic rings. The van der Waals surface area contributed by atoms with E-state index < -0.39 is 5.60 Å². The summed E-state index contributed by atoms with van der Waals surface area (Å²) in [4.78, 5) is 43.8. The second-order valence-corrected chi connectivity index (χ2v) is 9.65. The highest BCUT2D eigenvalue weighted by Crippen LogP contribution is 2.25. The van der Waals surface area contributed by atoms with Gasteiger partial charge in [0.25, 0.3) is 5.91 Å². The third-order valence-electron chi connectivity index (χ3n) is 5.15. The second-order valence-electron chi connectivity index (χ2n) is 8.63. The first-order valence-corrected chi connectivity index (χ1v) is 11.5. The Morgan fingerprint density at radius 2 is 1.50 bits per heavy atom. The molecule has 0 bridgehead atoms. The fourth-order valence-corrected chi connectivity index (χ4v) is 4.50. The molecule has 3 rings (SSSR count). The topological polar surface area (TPSA) is 70.2 Å². The summed E-state index contributed by atoms with van der Waals surface area (Å²) >= 11 is 1.42. The van der Waals surface area contributed by atoms with E-state index in [1.165, 1.54) is 11.8 Å². The highest BCUT2D eigenvalue weighted by atomic mass is 32.2. The number of rotatable bonds is 4. The Bertz CT molecular complexity index is 779. The van der Waals surface area contributed by atoms with Crippen LogP contribution in [0, 0.1) is 0 Å². The van der Waals surface area contributed by atoms with Crippen LogP contribution in [0.3, 0.4) is 0 Å². The summed E-state index contributed by atoms with van der Waals surface area (Å²) in [6.45, 7) is 9.01. The summed E-state index contributed by atoms with van der Waals surface area (Å²) in [5, 5.41) is 0. The number of nitrogens with zero attached hydrogens (tertiary/aromatic N) is 3. The lowest BCUT2D eigenvalue weighted by atomic mass is 10.2. The van der Waals surface area contributed by atoms with Crippen LogP contribution >= 0.6 is 11.8 Å². The number of piperazine rings is 1. The van der Waals surface area contributed by atoms with Crippen LogP contribution in [0.15, 0.2) is 29.2 Å². The number of ether oxygens (including phenoxy) is 1. The Hall–Kier alpha value is -2.22. The number of carbonyl (C=O) groups is 3. The van der Waals surface area contributed by atoms with Gasteiger partial charge in [0.05, 0.1) is 11.3 Å². The molecule has 0 unspecified atom stereocenters. The van der Waals surface area contributed by atoms with Crippen LogP contribution in [0.1, 0.15) is 44.0 Å². The highest BCUT2D eigenvalue weighted by molar-refractivity contribution is 8.00. The van der Waals surface area contributed by atoms with Gasteiger partial charge in [-0.25, -0.2) is 4.79 Å². The minimum atomic E-state index is -0.535. The molecule has 2 heterocycles. The lowest BCUT2D eigenvalue weighted by molar-refractivity contribution is -0.127. The van der Waals surface area contributed by atoms with Gasteiger partial charge >= 0.3 is 6.09 Å². The molecule has 2 fully saturated rings. The van der Waals surface area contributed by atoms with Gasteiger partial charge in [-0.1, -0.05) is 12.1 Å². The van der Waals surface area contributed by atoms with Gasteiger partial charge in [0.15, 0.2) is 0 Å². The van der Waals surface area contributed by atoms with Crippen LogP contribution in [0.5, 0.6) is 0 Å². The van der Waals surface area contributed by atoms with Crippen molar-refractivity contribution in [3.05, 3.63) is 29.8 Å².